The fourth-order valence-electron chi connectivity index (χ4n) is 1.34. The number of benzene rings is 1. The number of aromatic nitrogens is 2. The van der Waals surface area contributed by atoms with E-state index in [2.05, 4.69) is 26.1 Å². The third-order valence-corrected chi connectivity index (χ3v) is 3.07. The van der Waals surface area contributed by atoms with E-state index in [1.54, 1.807) is 12.1 Å². The van der Waals surface area contributed by atoms with E-state index in [4.69, 9.17) is 10.3 Å². The van der Waals surface area contributed by atoms with Crippen LogP contribution in [-0.2, 0) is 0 Å². The zero-order chi connectivity index (χ0) is 12.4. The van der Waals surface area contributed by atoms with Gasteiger partial charge in [-0.05, 0) is 28.1 Å². The summed E-state index contributed by atoms with van der Waals surface area (Å²) in [5, 5.41) is 3.79. The number of hydrogen-bond acceptors (Lipinski definition) is 4. The lowest BCUT2D eigenvalue weighted by atomic mass is 10.2. The maximum Gasteiger partial charge on any atom is 0.262 e. The van der Waals surface area contributed by atoms with Crippen LogP contribution in [0.1, 0.15) is 18.7 Å². The Morgan fingerprint density at radius 3 is 2.94 bits per heavy atom. The highest BCUT2D eigenvalue weighted by atomic mass is 79.9. The molecule has 1 atom stereocenters. The Labute approximate surface area is 106 Å². The molecule has 1 unspecified atom stereocenters. The molecule has 0 aliphatic carbocycles. The lowest BCUT2D eigenvalue weighted by Gasteiger charge is -2.00. The lowest BCUT2D eigenvalue weighted by Crippen LogP contribution is -2.10. The van der Waals surface area contributed by atoms with Gasteiger partial charge in [-0.2, -0.15) is 4.98 Å². The van der Waals surface area contributed by atoms with Crippen LogP contribution in [0, 0.1) is 5.82 Å². The van der Waals surface area contributed by atoms with Crippen LogP contribution in [0.5, 0.6) is 0 Å². The molecule has 0 saturated heterocycles. The van der Waals surface area contributed by atoms with Gasteiger partial charge in [0.15, 0.2) is 5.82 Å². The molecule has 0 aliphatic rings. The summed E-state index contributed by atoms with van der Waals surface area (Å²) in [5.41, 5.74) is 5.78. The molecule has 90 valence electrons. The van der Waals surface area contributed by atoms with Gasteiger partial charge >= 0.3 is 0 Å². The molecule has 6 heteroatoms. The van der Waals surface area contributed by atoms with E-state index in [-0.39, 0.29) is 17.4 Å². The second-order valence-electron chi connectivity index (χ2n) is 3.69. The highest BCUT2D eigenvalue weighted by Gasteiger charge is 2.18. The molecule has 0 radical (unpaired) electrons. The van der Waals surface area contributed by atoms with Gasteiger partial charge in [0, 0.05) is 16.9 Å². The van der Waals surface area contributed by atoms with Crippen molar-refractivity contribution in [3.8, 4) is 11.5 Å². The quantitative estimate of drug-likeness (QED) is 0.946. The van der Waals surface area contributed by atoms with Crippen LogP contribution in [0.4, 0.5) is 4.39 Å². The Morgan fingerprint density at radius 2 is 2.29 bits per heavy atom. The highest BCUT2D eigenvalue weighted by molar-refractivity contribution is 9.10. The fourth-order valence-corrected chi connectivity index (χ4v) is 1.86. The maximum absolute atomic E-state index is 13.6. The lowest BCUT2D eigenvalue weighted by molar-refractivity contribution is 0.415. The van der Waals surface area contributed by atoms with Crippen LogP contribution in [-0.4, -0.2) is 16.7 Å². The molecule has 17 heavy (non-hydrogen) atoms. The monoisotopic (exact) mass is 299 g/mol. The van der Waals surface area contributed by atoms with Crippen LogP contribution in [0.25, 0.3) is 11.5 Å². The van der Waals surface area contributed by atoms with E-state index in [0.717, 1.165) is 0 Å². The van der Waals surface area contributed by atoms with E-state index >= 15 is 0 Å². The third-order valence-electron chi connectivity index (χ3n) is 2.41. The van der Waals surface area contributed by atoms with Crippen molar-refractivity contribution in [1.82, 2.24) is 10.1 Å². The topological polar surface area (TPSA) is 64.9 Å². The first-order valence-electron chi connectivity index (χ1n) is 5.11. The van der Waals surface area contributed by atoms with Crippen molar-refractivity contribution in [1.29, 1.82) is 0 Å². The van der Waals surface area contributed by atoms with Gasteiger partial charge in [0.25, 0.3) is 5.89 Å². The van der Waals surface area contributed by atoms with Crippen LogP contribution in [0.15, 0.2) is 27.2 Å². The van der Waals surface area contributed by atoms with E-state index < -0.39 is 5.82 Å². The molecule has 1 heterocycles. The minimum absolute atomic E-state index is 0.0157. The van der Waals surface area contributed by atoms with Gasteiger partial charge in [-0.15, -0.1) is 0 Å². The third kappa shape index (κ3) is 2.37. The van der Waals surface area contributed by atoms with Gasteiger partial charge in [-0.1, -0.05) is 18.1 Å². The average molecular weight is 300 g/mol. The zero-order valence-corrected chi connectivity index (χ0v) is 10.7. The van der Waals surface area contributed by atoms with Crippen LogP contribution >= 0.6 is 15.9 Å². The minimum Gasteiger partial charge on any atom is -0.334 e. The highest BCUT2D eigenvalue weighted by Crippen LogP contribution is 2.30. The van der Waals surface area contributed by atoms with Gasteiger partial charge < -0.3 is 10.3 Å². The standard InChI is InChI=1S/C11H11BrFN3O/c1-6(5-14)10-15-11(17-16-10)9-7(12)3-2-4-8(9)13/h2-4,6H,5,14H2,1H3. The van der Waals surface area contributed by atoms with E-state index in [0.29, 0.717) is 16.8 Å². The van der Waals surface area contributed by atoms with Crippen molar-refractivity contribution < 1.29 is 8.91 Å². The zero-order valence-electron chi connectivity index (χ0n) is 9.15. The van der Waals surface area contributed by atoms with Crippen molar-refractivity contribution in [3.63, 3.8) is 0 Å². The van der Waals surface area contributed by atoms with Gasteiger partial charge in [0.05, 0.1) is 5.56 Å². The van der Waals surface area contributed by atoms with Crippen molar-refractivity contribution in [2.45, 2.75) is 12.8 Å². The SMILES string of the molecule is CC(CN)c1noc(-c2c(F)cccc2Br)n1. The Morgan fingerprint density at radius 1 is 1.53 bits per heavy atom. The van der Waals surface area contributed by atoms with Crippen molar-refractivity contribution in [2.75, 3.05) is 6.54 Å². The van der Waals surface area contributed by atoms with Crippen LogP contribution in [0.2, 0.25) is 0 Å². The number of halogens is 2. The molecule has 0 aliphatic heterocycles. The number of hydrogen-bond donors (Lipinski definition) is 1. The first kappa shape index (κ1) is 12.2. The first-order chi connectivity index (χ1) is 8.13. The Kier molecular flexibility index (Phi) is 3.54. The number of rotatable bonds is 3. The molecule has 0 saturated carbocycles. The predicted molar refractivity (Wildman–Crippen MR) is 64.9 cm³/mol. The average Bonchev–Trinajstić information content (AvgIpc) is 2.77. The van der Waals surface area contributed by atoms with Crippen LogP contribution < -0.4 is 5.73 Å². The summed E-state index contributed by atoms with van der Waals surface area (Å²) in [6, 6.07) is 4.66. The summed E-state index contributed by atoms with van der Waals surface area (Å²) in [5.74, 6) is 0.218. The molecule has 0 spiro atoms. The largest absolute Gasteiger partial charge is 0.334 e. The summed E-state index contributed by atoms with van der Waals surface area (Å²) < 4.78 is 19.3. The summed E-state index contributed by atoms with van der Waals surface area (Å²) in [6.07, 6.45) is 0. The normalized spacial score (nSPS) is 12.7. The number of nitrogens with two attached hydrogens (primary N) is 1. The molecule has 2 N–H and O–H groups in total. The Hall–Kier alpha value is -1.27. The molecule has 1 aromatic carbocycles. The maximum atomic E-state index is 13.6. The van der Waals surface area contributed by atoms with Gasteiger partial charge in [-0.25, -0.2) is 4.39 Å². The molecule has 4 nitrogen and oxygen atoms in total. The van der Waals surface area contributed by atoms with E-state index in [9.17, 15) is 4.39 Å². The first-order valence-corrected chi connectivity index (χ1v) is 5.91. The molecule has 2 rings (SSSR count). The molecule has 0 amide bonds. The smallest absolute Gasteiger partial charge is 0.262 e. The number of nitrogens with zero attached hydrogens (tertiary/aromatic N) is 2. The second kappa shape index (κ2) is 4.93. The summed E-state index contributed by atoms with van der Waals surface area (Å²) in [7, 11) is 0. The van der Waals surface area contributed by atoms with Crippen molar-refractivity contribution in [2.24, 2.45) is 5.73 Å². The molecular weight excluding hydrogens is 289 g/mol. The molecular formula is C11H11BrFN3O. The van der Waals surface area contributed by atoms with Gasteiger partial charge in [-0.3, -0.25) is 0 Å². The van der Waals surface area contributed by atoms with Crippen molar-refractivity contribution in [3.05, 3.63) is 34.3 Å². The summed E-state index contributed by atoms with van der Waals surface area (Å²) >= 11 is 3.25. The molecule has 0 fully saturated rings. The van der Waals surface area contributed by atoms with Gasteiger partial charge in [0.1, 0.15) is 5.82 Å². The predicted octanol–water partition coefficient (Wildman–Crippen LogP) is 2.70. The van der Waals surface area contributed by atoms with E-state index in [1.165, 1.54) is 6.07 Å². The summed E-state index contributed by atoms with van der Waals surface area (Å²) in [6.45, 7) is 2.29. The summed E-state index contributed by atoms with van der Waals surface area (Å²) in [4.78, 5) is 4.15. The van der Waals surface area contributed by atoms with Gasteiger partial charge in [0.2, 0.25) is 0 Å². The van der Waals surface area contributed by atoms with Crippen molar-refractivity contribution >= 4 is 15.9 Å². The van der Waals surface area contributed by atoms with E-state index in [1.807, 2.05) is 6.92 Å². The minimum atomic E-state index is -0.407. The second-order valence-corrected chi connectivity index (χ2v) is 4.55. The Bertz CT molecular complexity index is 509. The molecule has 0 bridgehead atoms. The Balaban J connectivity index is 2.44. The molecule has 2 aromatic rings. The van der Waals surface area contributed by atoms with Crippen LogP contribution in [0.3, 0.4) is 0 Å². The molecule has 1 aromatic heterocycles. The fraction of sp³-hybridized carbons (Fsp3) is 0.273.